The van der Waals surface area contributed by atoms with E-state index in [4.69, 9.17) is 23.2 Å². The van der Waals surface area contributed by atoms with E-state index in [1.807, 2.05) is 35.2 Å². The predicted octanol–water partition coefficient (Wildman–Crippen LogP) is 5.67. The number of hydrazone groups is 1. The average Bonchev–Trinajstić information content (AvgIpc) is 3.09. The van der Waals surface area contributed by atoms with Crippen molar-refractivity contribution in [2.45, 2.75) is 19.6 Å². The molecule has 3 aromatic rings. The van der Waals surface area contributed by atoms with Gasteiger partial charge in [-0.25, -0.2) is 5.01 Å². The van der Waals surface area contributed by atoms with Gasteiger partial charge in [-0.2, -0.15) is 5.10 Å². The van der Waals surface area contributed by atoms with Gasteiger partial charge in [-0.05, 0) is 42.3 Å². The number of nitrogens with zero attached hydrogens (tertiary/aromatic N) is 4. The average molecular weight is 483 g/mol. The minimum absolute atomic E-state index is 0.0105. The molecule has 0 saturated carbocycles. The number of non-ortho nitro benzene ring substituents is 1. The minimum atomic E-state index is -0.532. The fraction of sp³-hybridized carbons (Fsp3) is 0.167. The molecule has 0 radical (unpaired) electrons. The number of rotatable bonds is 6. The molecule has 0 N–H and O–H groups in total. The molecule has 1 fully saturated rings. The van der Waals surface area contributed by atoms with Gasteiger partial charge in [-0.1, -0.05) is 59.6 Å². The van der Waals surface area contributed by atoms with Crippen LogP contribution >= 0.6 is 23.2 Å². The lowest BCUT2D eigenvalue weighted by Gasteiger charge is -2.28. The highest BCUT2D eigenvalue weighted by atomic mass is 35.5. The zero-order valence-corrected chi connectivity index (χ0v) is 19.2. The van der Waals surface area contributed by atoms with Crippen molar-refractivity contribution in [2.24, 2.45) is 5.10 Å². The molecule has 3 aromatic carbocycles. The normalized spacial score (nSPS) is 16.9. The van der Waals surface area contributed by atoms with Gasteiger partial charge in [0.2, 0.25) is 0 Å². The monoisotopic (exact) mass is 482 g/mol. The van der Waals surface area contributed by atoms with Crippen molar-refractivity contribution in [3.63, 3.8) is 0 Å². The third-order valence-corrected chi connectivity index (χ3v) is 5.96. The van der Waals surface area contributed by atoms with E-state index in [0.717, 1.165) is 5.56 Å². The summed E-state index contributed by atoms with van der Waals surface area (Å²) in [5, 5.41) is 17.9. The zero-order chi connectivity index (χ0) is 23.5. The summed E-state index contributed by atoms with van der Waals surface area (Å²) in [5.74, 6) is -0.178. The largest absolute Gasteiger partial charge is 0.271 e. The third kappa shape index (κ3) is 5.06. The Labute approximate surface area is 201 Å². The molecule has 168 valence electrons. The topological polar surface area (TPSA) is 79.0 Å². The number of benzene rings is 3. The molecular formula is C24H20Cl2N4O3. The first-order valence-electron chi connectivity index (χ1n) is 10.2. The van der Waals surface area contributed by atoms with Gasteiger partial charge in [0.1, 0.15) is 6.17 Å². The molecule has 7 nitrogen and oxygen atoms in total. The quantitative estimate of drug-likeness (QED) is 0.257. The summed E-state index contributed by atoms with van der Waals surface area (Å²) in [6, 6.07) is 21.1. The molecule has 1 aliphatic heterocycles. The number of carbonyl (C=O) groups excluding carboxylic acids is 1. The van der Waals surface area contributed by atoms with Crippen molar-refractivity contribution < 1.29 is 9.72 Å². The summed E-state index contributed by atoms with van der Waals surface area (Å²) in [7, 11) is 0. The fourth-order valence-corrected chi connectivity index (χ4v) is 4.28. The standard InChI is InChI=1S/C24H20Cl2N4O3/c1-16(18-7-10-20(11-8-18)30(32)33)27-29-23(31)15-28(14-17-5-3-2-4-6-17)24(29)21-12-9-19(25)13-22(21)26/h2-13,24H,14-15H2,1H3/b27-16-/t24-/m1/s1. The van der Waals surface area contributed by atoms with Crippen LogP contribution < -0.4 is 0 Å². The van der Waals surface area contributed by atoms with Crippen LogP contribution in [-0.2, 0) is 11.3 Å². The first kappa shape index (κ1) is 22.9. The van der Waals surface area contributed by atoms with Crippen LogP contribution in [0.25, 0.3) is 0 Å². The van der Waals surface area contributed by atoms with Crippen LogP contribution in [0.4, 0.5) is 5.69 Å². The van der Waals surface area contributed by atoms with Crippen LogP contribution in [0.3, 0.4) is 0 Å². The summed E-state index contributed by atoms with van der Waals surface area (Å²) >= 11 is 12.6. The Balaban J connectivity index is 1.71. The van der Waals surface area contributed by atoms with Gasteiger partial charge in [0.05, 0.1) is 17.2 Å². The Kier molecular flexibility index (Phi) is 6.74. The molecule has 33 heavy (non-hydrogen) atoms. The lowest BCUT2D eigenvalue weighted by atomic mass is 10.1. The van der Waals surface area contributed by atoms with Gasteiger partial charge in [-0.15, -0.1) is 0 Å². The Hall–Kier alpha value is -3.26. The van der Waals surface area contributed by atoms with Gasteiger partial charge in [0, 0.05) is 34.3 Å². The Bertz CT molecular complexity index is 1220. The highest BCUT2D eigenvalue weighted by Gasteiger charge is 2.40. The maximum absolute atomic E-state index is 13.1. The van der Waals surface area contributed by atoms with E-state index >= 15 is 0 Å². The molecule has 0 bridgehead atoms. The highest BCUT2D eigenvalue weighted by Crippen LogP contribution is 2.37. The summed E-state index contributed by atoms with van der Waals surface area (Å²) in [4.78, 5) is 25.5. The van der Waals surface area contributed by atoms with E-state index in [0.29, 0.717) is 33.4 Å². The van der Waals surface area contributed by atoms with Crippen molar-refractivity contribution in [2.75, 3.05) is 6.54 Å². The first-order valence-corrected chi connectivity index (χ1v) is 10.9. The molecule has 0 aromatic heterocycles. The van der Waals surface area contributed by atoms with Gasteiger partial charge < -0.3 is 0 Å². The van der Waals surface area contributed by atoms with E-state index < -0.39 is 11.1 Å². The Morgan fingerprint density at radius 2 is 1.79 bits per heavy atom. The molecule has 9 heteroatoms. The van der Waals surface area contributed by atoms with Crippen molar-refractivity contribution >= 4 is 40.5 Å². The van der Waals surface area contributed by atoms with Gasteiger partial charge in [0.15, 0.2) is 0 Å². The molecule has 0 spiro atoms. The smallest absolute Gasteiger partial charge is 0.269 e. The molecule has 0 unspecified atom stereocenters. The predicted molar refractivity (Wildman–Crippen MR) is 128 cm³/mol. The van der Waals surface area contributed by atoms with Crippen molar-refractivity contribution in [1.82, 2.24) is 9.91 Å². The number of halogens is 2. The lowest BCUT2D eigenvalue weighted by Crippen LogP contribution is -2.29. The maximum Gasteiger partial charge on any atom is 0.269 e. The number of nitro groups is 1. The van der Waals surface area contributed by atoms with Crippen molar-refractivity contribution in [1.29, 1.82) is 0 Å². The molecule has 1 atom stereocenters. The minimum Gasteiger partial charge on any atom is -0.271 e. The fourth-order valence-electron chi connectivity index (χ4n) is 3.78. The third-order valence-electron chi connectivity index (χ3n) is 5.39. The molecule has 1 heterocycles. The van der Waals surface area contributed by atoms with Crippen LogP contribution in [0.2, 0.25) is 10.0 Å². The summed E-state index contributed by atoms with van der Waals surface area (Å²) in [6.07, 6.45) is -0.532. The zero-order valence-electron chi connectivity index (χ0n) is 17.7. The number of hydrogen-bond acceptors (Lipinski definition) is 5. The number of nitro benzene ring substituents is 1. The second-order valence-electron chi connectivity index (χ2n) is 7.66. The van der Waals surface area contributed by atoms with Gasteiger partial charge >= 0.3 is 0 Å². The maximum atomic E-state index is 13.1. The molecule has 1 saturated heterocycles. The second-order valence-corrected chi connectivity index (χ2v) is 8.50. The Morgan fingerprint density at radius 3 is 2.42 bits per heavy atom. The number of hydrogen-bond donors (Lipinski definition) is 0. The molecule has 1 aliphatic rings. The SMILES string of the molecule is C/C(=N/N1C(=O)CN(Cc2ccccc2)[C@H]1c1ccc(Cl)cc1Cl)c1ccc([N+](=O)[O-])cc1. The van der Waals surface area contributed by atoms with E-state index in [1.54, 1.807) is 37.3 Å². The second kappa shape index (κ2) is 9.70. The number of amides is 1. The Morgan fingerprint density at radius 1 is 1.09 bits per heavy atom. The van der Waals surface area contributed by atoms with E-state index in [-0.39, 0.29) is 18.1 Å². The van der Waals surface area contributed by atoms with Gasteiger partial charge in [0.25, 0.3) is 11.6 Å². The van der Waals surface area contributed by atoms with Crippen LogP contribution in [-0.4, -0.2) is 33.0 Å². The lowest BCUT2D eigenvalue weighted by molar-refractivity contribution is -0.384. The van der Waals surface area contributed by atoms with E-state index in [1.165, 1.54) is 17.1 Å². The molecular weight excluding hydrogens is 463 g/mol. The number of carbonyl (C=O) groups is 1. The van der Waals surface area contributed by atoms with E-state index in [2.05, 4.69) is 5.10 Å². The van der Waals surface area contributed by atoms with Crippen molar-refractivity contribution in [3.8, 4) is 0 Å². The van der Waals surface area contributed by atoms with Gasteiger partial charge in [-0.3, -0.25) is 19.8 Å². The van der Waals surface area contributed by atoms with Crippen LogP contribution in [0.5, 0.6) is 0 Å². The molecule has 4 rings (SSSR count). The first-order chi connectivity index (χ1) is 15.8. The van der Waals surface area contributed by atoms with E-state index in [9.17, 15) is 14.9 Å². The summed E-state index contributed by atoms with van der Waals surface area (Å²) < 4.78 is 0. The van der Waals surface area contributed by atoms with Crippen LogP contribution in [0.1, 0.15) is 29.8 Å². The van der Waals surface area contributed by atoms with Crippen LogP contribution in [0.15, 0.2) is 77.9 Å². The molecule has 0 aliphatic carbocycles. The summed E-state index contributed by atoms with van der Waals surface area (Å²) in [6.45, 7) is 2.45. The summed E-state index contributed by atoms with van der Waals surface area (Å²) in [5.41, 5.74) is 2.98. The van der Waals surface area contributed by atoms with Crippen LogP contribution in [0, 0.1) is 10.1 Å². The molecule has 1 amide bonds. The van der Waals surface area contributed by atoms with Crippen molar-refractivity contribution in [3.05, 3.63) is 110 Å². The highest BCUT2D eigenvalue weighted by molar-refractivity contribution is 6.35.